The Morgan fingerprint density at radius 2 is 1.77 bits per heavy atom. The Balaban J connectivity index is 0.000000160. The van der Waals surface area contributed by atoms with Gasteiger partial charge >= 0.3 is 0 Å². The van der Waals surface area contributed by atoms with Crippen molar-refractivity contribution in [3.05, 3.63) is 82.5 Å². The number of carbonyl (C=O) groups is 2. The van der Waals surface area contributed by atoms with Crippen LogP contribution in [0.25, 0.3) is 10.1 Å². The molecule has 2 aliphatic rings. The molecule has 3 aromatic carbocycles. The number of morpholine rings is 1. The molecule has 4 aromatic rings. The molecule has 0 aliphatic carbocycles. The SMILES string of the molecule is Nc1cc(NC(=O)c2ccc3c(c2)OCCO3)ccc1F.O=Cc1cc2ccc(CN3CCOCC3)cc2s1. The number of nitrogens with one attached hydrogen (secondary N) is 1. The second-order valence-corrected chi connectivity index (χ2v) is 10.2. The second kappa shape index (κ2) is 12.2. The molecule has 0 unspecified atom stereocenters. The van der Waals surface area contributed by atoms with Crippen LogP contribution < -0.4 is 20.5 Å². The Morgan fingerprint density at radius 3 is 2.54 bits per heavy atom. The summed E-state index contributed by atoms with van der Waals surface area (Å²) < 4.78 is 30.4. The number of anilines is 2. The van der Waals surface area contributed by atoms with Crippen LogP contribution in [0, 0.1) is 5.82 Å². The number of nitrogens with zero attached hydrogens (tertiary/aromatic N) is 1. The van der Waals surface area contributed by atoms with Crippen molar-refractivity contribution in [2.45, 2.75) is 6.54 Å². The zero-order valence-corrected chi connectivity index (χ0v) is 22.0. The van der Waals surface area contributed by atoms with Crippen LogP contribution in [0.15, 0.2) is 60.7 Å². The van der Waals surface area contributed by atoms with E-state index in [0.717, 1.165) is 49.4 Å². The van der Waals surface area contributed by atoms with E-state index in [1.165, 1.54) is 28.5 Å². The van der Waals surface area contributed by atoms with Gasteiger partial charge in [0.1, 0.15) is 19.0 Å². The molecule has 39 heavy (non-hydrogen) atoms. The summed E-state index contributed by atoms with van der Waals surface area (Å²) in [5, 5.41) is 3.81. The largest absolute Gasteiger partial charge is 0.486 e. The summed E-state index contributed by atoms with van der Waals surface area (Å²) in [6.45, 7) is 5.57. The maximum atomic E-state index is 13.1. The van der Waals surface area contributed by atoms with Crippen molar-refractivity contribution >= 4 is 45.0 Å². The Kier molecular flexibility index (Phi) is 8.36. The van der Waals surface area contributed by atoms with Gasteiger partial charge in [-0.15, -0.1) is 11.3 Å². The van der Waals surface area contributed by atoms with Crippen molar-refractivity contribution in [1.82, 2.24) is 4.90 Å². The summed E-state index contributed by atoms with van der Waals surface area (Å²) in [5.41, 5.74) is 7.60. The zero-order valence-electron chi connectivity index (χ0n) is 21.2. The molecule has 3 N–H and O–H groups in total. The van der Waals surface area contributed by atoms with Crippen molar-refractivity contribution in [1.29, 1.82) is 0 Å². The third-order valence-electron chi connectivity index (χ3n) is 6.29. The highest BCUT2D eigenvalue weighted by atomic mass is 32.1. The molecule has 1 amide bonds. The van der Waals surface area contributed by atoms with Crippen molar-refractivity contribution in [3.8, 4) is 11.5 Å². The predicted molar refractivity (Wildman–Crippen MR) is 150 cm³/mol. The van der Waals surface area contributed by atoms with Gasteiger partial charge < -0.3 is 25.3 Å². The number of hydrogen-bond donors (Lipinski definition) is 2. The summed E-state index contributed by atoms with van der Waals surface area (Å²) in [7, 11) is 0. The fourth-order valence-electron chi connectivity index (χ4n) is 4.28. The standard InChI is InChI=1S/C15H13FN2O3.C14H15NO2S/c16-11-3-2-10(8-12(11)17)18-15(19)9-1-4-13-14(7-9)21-6-5-20-13;16-10-13-8-12-2-1-11(7-14(12)18-13)9-15-3-5-17-6-4-15/h1-4,7-8H,5-6,17H2,(H,18,19);1-2,7-8,10H,3-6,9H2. The van der Waals surface area contributed by atoms with E-state index in [-0.39, 0.29) is 11.6 Å². The molecule has 1 aromatic heterocycles. The quantitative estimate of drug-likeness (QED) is 0.267. The molecule has 0 atom stereocenters. The molecule has 1 fully saturated rings. The average Bonchev–Trinajstić information content (AvgIpc) is 3.38. The van der Waals surface area contributed by atoms with Crippen LogP contribution in [0.5, 0.6) is 11.5 Å². The highest BCUT2D eigenvalue weighted by Crippen LogP contribution is 2.31. The normalized spacial score (nSPS) is 14.8. The van der Waals surface area contributed by atoms with Gasteiger partial charge in [-0.05, 0) is 59.5 Å². The fraction of sp³-hybridized carbons (Fsp3) is 0.241. The lowest BCUT2D eigenvalue weighted by molar-refractivity contribution is 0.0342. The molecule has 202 valence electrons. The Morgan fingerprint density at radius 1 is 0.974 bits per heavy atom. The molecule has 0 spiro atoms. The highest BCUT2D eigenvalue weighted by Gasteiger charge is 2.15. The highest BCUT2D eigenvalue weighted by molar-refractivity contribution is 7.20. The predicted octanol–water partition coefficient (Wildman–Crippen LogP) is 4.98. The van der Waals surface area contributed by atoms with E-state index in [4.69, 9.17) is 19.9 Å². The third kappa shape index (κ3) is 6.72. The van der Waals surface area contributed by atoms with Crippen molar-refractivity contribution in [2.24, 2.45) is 0 Å². The van der Waals surface area contributed by atoms with E-state index < -0.39 is 5.82 Å². The molecule has 8 nitrogen and oxygen atoms in total. The lowest BCUT2D eigenvalue weighted by atomic mass is 10.1. The average molecular weight is 550 g/mol. The molecule has 0 radical (unpaired) electrons. The first-order valence-electron chi connectivity index (χ1n) is 12.5. The van der Waals surface area contributed by atoms with Gasteiger partial charge in [0.05, 0.1) is 23.8 Å². The Bertz CT molecular complexity index is 1490. The van der Waals surface area contributed by atoms with Crippen LogP contribution in [-0.4, -0.2) is 56.6 Å². The number of aldehydes is 1. The van der Waals surface area contributed by atoms with Gasteiger partial charge in [0, 0.05) is 35.6 Å². The molecule has 0 bridgehead atoms. The summed E-state index contributed by atoms with van der Waals surface area (Å²) >= 11 is 1.56. The van der Waals surface area contributed by atoms with Crippen molar-refractivity contribution < 1.29 is 28.2 Å². The van der Waals surface area contributed by atoms with Gasteiger partial charge in [-0.2, -0.15) is 0 Å². The van der Waals surface area contributed by atoms with Gasteiger partial charge in [-0.1, -0.05) is 12.1 Å². The molecule has 10 heteroatoms. The lowest BCUT2D eigenvalue weighted by Gasteiger charge is -2.26. The second-order valence-electron chi connectivity index (χ2n) is 9.08. The molecule has 3 heterocycles. The minimum atomic E-state index is -0.521. The molecule has 6 rings (SSSR count). The van der Waals surface area contributed by atoms with Crippen molar-refractivity contribution in [3.63, 3.8) is 0 Å². The zero-order chi connectivity index (χ0) is 27.2. The Labute approximate surface area is 229 Å². The van der Waals surface area contributed by atoms with E-state index in [0.29, 0.717) is 36.0 Å². The molecule has 2 aliphatic heterocycles. The molecule has 0 saturated carbocycles. The molecule has 1 saturated heterocycles. The third-order valence-corrected chi connectivity index (χ3v) is 7.31. The summed E-state index contributed by atoms with van der Waals surface area (Å²) in [6.07, 6.45) is 0.923. The van der Waals surface area contributed by atoms with Gasteiger partial charge in [0.2, 0.25) is 0 Å². The van der Waals surface area contributed by atoms with Crippen LogP contribution in [0.3, 0.4) is 0 Å². The molecular formula is C29H28FN3O5S. The van der Waals surface area contributed by atoms with E-state index >= 15 is 0 Å². The van der Waals surface area contributed by atoms with Crippen LogP contribution in [0.4, 0.5) is 15.8 Å². The lowest BCUT2D eigenvalue weighted by Crippen LogP contribution is -2.35. The topological polar surface area (TPSA) is 103 Å². The number of nitrogens with two attached hydrogens (primary N) is 1. The Hall–Kier alpha value is -3.99. The van der Waals surface area contributed by atoms with Gasteiger partial charge in [-0.3, -0.25) is 14.5 Å². The number of hydrogen-bond acceptors (Lipinski definition) is 8. The number of ether oxygens (including phenoxy) is 3. The number of amides is 1. The number of thiophene rings is 1. The first kappa shape index (κ1) is 26.6. The summed E-state index contributed by atoms with van der Waals surface area (Å²) in [6, 6.07) is 17.3. The number of fused-ring (bicyclic) bond motifs is 2. The van der Waals surface area contributed by atoms with E-state index in [9.17, 15) is 14.0 Å². The number of rotatable bonds is 5. The van der Waals surface area contributed by atoms with E-state index in [1.54, 1.807) is 29.5 Å². The van der Waals surface area contributed by atoms with Crippen LogP contribution in [-0.2, 0) is 11.3 Å². The maximum Gasteiger partial charge on any atom is 0.255 e. The molecular weight excluding hydrogens is 521 g/mol. The first-order chi connectivity index (χ1) is 19.0. The number of benzene rings is 3. The minimum Gasteiger partial charge on any atom is -0.486 e. The van der Waals surface area contributed by atoms with Gasteiger partial charge in [0.25, 0.3) is 5.91 Å². The monoisotopic (exact) mass is 549 g/mol. The van der Waals surface area contributed by atoms with Gasteiger partial charge in [0.15, 0.2) is 17.8 Å². The maximum absolute atomic E-state index is 13.1. The smallest absolute Gasteiger partial charge is 0.255 e. The van der Waals surface area contributed by atoms with Crippen LogP contribution >= 0.6 is 11.3 Å². The van der Waals surface area contributed by atoms with Crippen molar-refractivity contribution in [2.75, 3.05) is 50.6 Å². The van der Waals surface area contributed by atoms with Crippen LogP contribution in [0.2, 0.25) is 0 Å². The van der Waals surface area contributed by atoms with E-state index in [1.807, 2.05) is 6.07 Å². The first-order valence-corrected chi connectivity index (χ1v) is 13.3. The minimum absolute atomic E-state index is 0.0185. The number of nitrogen functional groups attached to an aromatic ring is 1. The summed E-state index contributed by atoms with van der Waals surface area (Å²) in [5.74, 6) is 0.293. The summed E-state index contributed by atoms with van der Waals surface area (Å²) in [4.78, 5) is 26.1. The van der Waals surface area contributed by atoms with Gasteiger partial charge in [-0.25, -0.2) is 4.39 Å². The number of carbonyl (C=O) groups excluding carboxylic acids is 2. The van der Waals surface area contributed by atoms with E-state index in [2.05, 4.69) is 28.4 Å². The van der Waals surface area contributed by atoms with Crippen LogP contribution in [0.1, 0.15) is 25.6 Å². The fourth-order valence-corrected chi connectivity index (χ4v) is 5.22. The number of halogens is 1.